The molecule has 1 atom stereocenters. The van der Waals surface area contributed by atoms with Gasteiger partial charge in [0.2, 0.25) is 11.8 Å². The number of amides is 2. The fraction of sp³-hybridized carbons (Fsp3) is 0.174. The van der Waals surface area contributed by atoms with Crippen molar-refractivity contribution in [1.29, 1.82) is 0 Å². The molecule has 0 spiro atoms. The normalized spacial score (nSPS) is 16.1. The van der Waals surface area contributed by atoms with Crippen molar-refractivity contribution < 1.29 is 18.7 Å². The van der Waals surface area contributed by atoms with Gasteiger partial charge < -0.3 is 9.15 Å². The van der Waals surface area contributed by atoms with Gasteiger partial charge in [-0.05, 0) is 48.7 Å². The lowest BCUT2D eigenvalue weighted by molar-refractivity contribution is -0.118. The quantitative estimate of drug-likeness (QED) is 0.427. The van der Waals surface area contributed by atoms with Crippen LogP contribution in [0, 0.1) is 6.92 Å². The zero-order chi connectivity index (χ0) is 21.4. The minimum absolute atomic E-state index is 0.214. The van der Waals surface area contributed by atoms with Gasteiger partial charge in [-0.3, -0.25) is 14.9 Å². The third kappa shape index (κ3) is 4.22. The summed E-state index contributed by atoms with van der Waals surface area (Å²) in [6.07, 6.45) is 0.540. The van der Waals surface area contributed by atoms with Gasteiger partial charge in [0.25, 0.3) is 5.24 Å². The molecule has 156 valence electrons. The number of benzene rings is 2. The maximum atomic E-state index is 11.8. The molecular formula is C23H18N2O4S2. The number of fused-ring (bicyclic) bond motifs is 1. The molecule has 0 bridgehead atoms. The number of oxazole rings is 1. The first kappa shape index (κ1) is 19.8. The number of hydrogen-bond acceptors (Lipinski definition) is 7. The summed E-state index contributed by atoms with van der Waals surface area (Å²) in [6, 6.07) is 17.8. The van der Waals surface area contributed by atoms with E-state index < -0.39 is 0 Å². The van der Waals surface area contributed by atoms with E-state index in [1.165, 1.54) is 0 Å². The van der Waals surface area contributed by atoms with Crippen molar-refractivity contribution in [2.24, 2.45) is 0 Å². The van der Waals surface area contributed by atoms with E-state index in [0.29, 0.717) is 18.9 Å². The average molecular weight is 451 g/mol. The van der Waals surface area contributed by atoms with Crippen LogP contribution in [0.2, 0.25) is 0 Å². The number of carbonyl (C=O) groups excluding carboxylic acids is 2. The van der Waals surface area contributed by atoms with Crippen LogP contribution >= 0.6 is 23.1 Å². The molecule has 2 aromatic heterocycles. The highest BCUT2D eigenvalue weighted by Gasteiger charge is 2.31. The predicted octanol–water partition coefficient (Wildman–Crippen LogP) is 5.34. The number of aryl methyl sites for hydroxylation is 1. The van der Waals surface area contributed by atoms with Gasteiger partial charge in [-0.25, -0.2) is 4.98 Å². The lowest BCUT2D eigenvalue weighted by Crippen LogP contribution is -2.25. The predicted molar refractivity (Wildman–Crippen MR) is 121 cm³/mol. The van der Waals surface area contributed by atoms with Crippen molar-refractivity contribution in [3.05, 3.63) is 70.9 Å². The second kappa shape index (κ2) is 8.20. The van der Waals surface area contributed by atoms with Gasteiger partial charge in [0, 0.05) is 21.6 Å². The minimum Gasteiger partial charge on any atom is -0.487 e. The van der Waals surface area contributed by atoms with Gasteiger partial charge in [-0.1, -0.05) is 30.0 Å². The maximum Gasteiger partial charge on any atom is 0.286 e. The molecule has 0 aliphatic carbocycles. The van der Waals surface area contributed by atoms with E-state index in [2.05, 4.69) is 16.4 Å². The summed E-state index contributed by atoms with van der Waals surface area (Å²) in [6.45, 7) is 2.20. The summed E-state index contributed by atoms with van der Waals surface area (Å²) in [4.78, 5) is 28.8. The summed E-state index contributed by atoms with van der Waals surface area (Å²) in [5.41, 5.74) is 1.69. The first-order valence-electron chi connectivity index (χ1n) is 9.73. The van der Waals surface area contributed by atoms with Crippen LogP contribution in [0.15, 0.2) is 59.0 Å². The largest absolute Gasteiger partial charge is 0.487 e. The number of thioether (sulfide) groups is 1. The van der Waals surface area contributed by atoms with Gasteiger partial charge in [0.15, 0.2) is 0 Å². The number of carbonyl (C=O) groups is 2. The number of thiophene rings is 1. The van der Waals surface area contributed by atoms with Crippen molar-refractivity contribution in [3.63, 3.8) is 0 Å². The van der Waals surface area contributed by atoms with E-state index in [-0.39, 0.29) is 16.4 Å². The van der Waals surface area contributed by atoms with Gasteiger partial charge in [0.05, 0.1) is 5.25 Å². The number of hydrogen-bond donors (Lipinski definition) is 1. The Morgan fingerprint density at radius 3 is 2.74 bits per heavy atom. The molecule has 8 heteroatoms. The Morgan fingerprint density at radius 1 is 1.13 bits per heavy atom. The Hall–Kier alpha value is -3.10. The molecule has 1 aliphatic rings. The van der Waals surface area contributed by atoms with Gasteiger partial charge in [-0.2, -0.15) is 0 Å². The molecule has 2 amide bonds. The Labute approximate surface area is 186 Å². The zero-order valence-corrected chi connectivity index (χ0v) is 18.2. The topological polar surface area (TPSA) is 81.4 Å². The summed E-state index contributed by atoms with van der Waals surface area (Å²) >= 11 is 2.66. The molecule has 1 unspecified atom stereocenters. The molecule has 2 aromatic carbocycles. The number of rotatable bonds is 6. The van der Waals surface area contributed by atoms with E-state index in [1.54, 1.807) is 11.3 Å². The second-order valence-electron chi connectivity index (χ2n) is 7.18. The summed E-state index contributed by atoms with van der Waals surface area (Å²) in [5.74, 6) is 1.85. The number of aromatic nitrogens is 1. The van der Waals surface area contributed by atoms with Gasteiger partial charge >= 0.3 is 0 Å². The fourth-order valence-corrected chi connectivity index (χ4v) is 5.48. The van der Waals surface area contributed by atoms with Crippen LogP contribution in [-0.2, 0) is 17.8 Å². The Kier molecular flexibility index (Phi) is 5.25. The molecule has 1 saturated heterocycles. The van der Waals surface area contributed by atoms with Crippen molar-refractivity contribution in [1.82, 2.24) is 10.3 Å². The van der Waals surface area contributed by atoms with Crippen LogP contribution < -0.4 is 10.1 Å². The number of ether oxygens (including phenoxy) is 1. The van der Waals surface area contributed by atoms with Gasteiger partial charge in [-0.15, -0.1) is 11.3 Å². The Bertz CT molecular complexity index is 1280. The van der Waals surface area contributed by atoms with Crippen LogP contribution in [0.5, 0.6) is 5.75 Å². The molecule has 5 rings (SSSR count). The average Bonchev–Trinajstić information content (AvgIpc) is 3.43. The monoisotopic (exact) mass is 450 g/mol. The number of imide groups is 1. The highest BCUT2D eigenvalue weighted by atomic mass is 32.2. The Morgan fingerprint density at radius 2 is 1.97 bits per heavy atom. The molecule has 0 radical (unpaired) electrons. The minimum atomic E-state index is -0.356. The van der Waals surface area contributed by atoms with E-state index in [4.69, 9.17) is 9.15 Å². The second-order valence-corrected chi connectivity index (χ2v) is 9.52. The van der Waals surface area contributed by atoms with E-state index in [9.17, 15) is 9.59 Å². The van der Waals surface area contributed by atoms with E-state index >= 15 is 0 Å². The van der Waals surface area contributed by atoms with Crippen LogP contribution in [0.4, 0.5) is 4.79 Å². The van der Waals surface area contributed by atoms with Crippen molar-refractivity contribution >= 4 is 44.3 Å². The number of nitrogens with zero attached hydrogens (tertiary/aromatic N) is 1. The van der Waals surface area contributed by atoms with Crippen LogP contribution in [0.1, 0.15) is 16.3 Å². The van der Waals surface area contributed by atoms with Crippen LogP contribution in [0.3, 0.4) is 0 Å². The lowest BCUT2D eigenvalue weighted by atomic mass is 10.2. The maximum absolute atomic E-state index is 11.8. The molecule has 1 fully saturated rings. The van der Waals surface area contributed by atoms with Crippen LogP contribution in [0.25, 0.3) is 21.5 Å². The van der Waals surface area contributed by atoms with Crippen molar-refractivity contribution in [2.75, 3.05) is 0 Å². The van der Waals surface area contributed by atoms with Crippen LogP contribution in [-0.4, -0.2) is 21.4 Å². The van der Waals surface area contributed by atoms with E-state index in [1.807, 2.05) is 55.5 Å². The third-order valence-electron chi connectivity index (χ3n) is 4.99. The smallest absolute Gasteiger partial charge is 0.286 e. The molecule has 1 N–H and O–H groups in total. The van der Waals surface area contributed by atoms with Crippen molar-refractivity contribution in [2.45, 2.75) is 25.2 Å². The third-order valence-corrected chi connectivity index (χ3v) is 7.09. The summed E-state index contributed by atoms with van der Waals surface area (Å²) < 4.78 is 12.8. The van der Waals surface area contributed by atoms with Crippen molar-refractivity contribution in [3.8, 4) is 17.2 Å². The fourth-order valence-electron chi connectivity index (χ4n) is 3.39. The van der Waals surface area contributed by atoms with E-state index in [0.717, 1.165) is 49.5 Å². The molecule has 6 nitrogen and oxygen atoms in total. The lowest BCUT2D eigenvalue weighted by Gasteiger charge is -2.04. The highest BCUT2D eigenvalue weighted by molar-refractivity contribution is 8.15. The standard InChI is InChI=1S/C23H18N2O4S2/c1-13-18(24-22(29-13)14-5-3-2-4-6-14)12-28-16-8-7-15-9-17(30-19(15)10-16)11-20-21(26)25-23(27)31-20/h2-10,20H,11-12H2,1H3,(H,25,26,27). The highest BCUT2D eigenvalue weighted by Crippen LogP contribution is 2.33. The first-order valence-corrected chi connectivity index (χ1v) is 11.4. The SMILES string of the molecule is Cc1oc(-c2ccccc2)nc1COc1ccc2cc(CC3SC(=O)NC3=O)sc2c1. The Balaban J connectivity index is 1.29. The number of nitrogens with one attached hydrogen (secondary N) is 1. The molecular weight excluding hydrogens is 432 g/mol. The molecule has 1 aliphatic heterocycles. The summed E-state index contributed by atoms with van der Waals surface area (Å²) in [7, 11) is 0. The first-order chi connectivity index (χ1) is 15.0. The molecule has 0 saturated carbocycles. The van der Waals surface area contributed by atoms with Gasteiger partial charge in [0.1, 0.15) is 23.8 Å². The molecule has 31 heavy (non-hydrogen) atoms. The summed E-state index contributed by atoms with van der Waals surface area (Å²) in [5, 5.41) is 2.79. The zero-order valence-electron chi connectivity index (χ0n) is 16.6. The molecule has 3 heterocycles. The molecule has 4 aromatic rings.